The second kappa shape index (κ2) is 6.93. The van der Waals surface area contributed by atoms with Crippen LogP contribution in [-0.2, 0) is 9.53 Å². The van der Waals surface area contributed by atoms with E-state index in [1.807, 2.05) is 0 Å². The van der Waals surface area contributed by atoms with Crippen molar-refractivity contribution in [3.05, 3.63) is 0 Å². The van der Waals surface area contributed by atoms with Crippen molar-refractivity contribution in [2.45, 2.75) is 19.4 Å². The highest BCUT2D eigenvalue weighted by atomic mass is 16.5. The molecule has 0 bridgehead atoms. The van der Waals surface area contributed by atoms with Crippen molar-refractivity contribution in [3.63, 3.8) is 0 Å². The molecule has 5 nitrogen and oxygen atoms in total. The van der Waals surface area contributed by atoms with Crippen molar-refractivity contribution in [3.8, 4) is 0 Å². The third-order valence-electron chi connectivity index (χ3n) is 3.29. The van der Waals surface area contributed by atoms with Crippen LogP contribution in [0.15, 0.2) is 0 Å². The Morgan fingerprint density at radius 2 is 2.06 bits per heavy atom. The van der Waals surface area contributed by atoms with Gasteiger partial charge in [-0.3, -0.25) is 9.69 Å². The largest absolute Gasteiger partial charge is 0.481 e. The van der Waals surface area contributed by atoms with Gasteiger partial charge in [-0.05, 0) is 40.2 Å². The Labute approximate surface area is 103 Å². The monoisotopic (exact) mass is 244 g/mol. The van der Waals surface area contributed by atoms with E-state index in [9.17, 15) is 4.79 Å². The number of nitrogens with zero attached hydrogens (tertiary/aromatic N) is 2. The zero-order valence-corrected chi connectivity index (χ0v) is 11.1. The van der Waals surface area contributed by atoms with Crippen LogP contribution in [0.25, 0.3) is 0 Å². The second-order valence-electron chi connectivity index (χ2n) is 4.83. The van der Waals surface area contributed by atoms with Gasteiger partial charge in [-0.15, -0.1) is 0 Å². The molecular formula is C12H24N2O3. The van der Waals surface area contributed by atoms with Gasteiger partial charge in [0.25, 0.3) is 0 Å². The van der Waals surface area contributed by atoms with Gasteiger partial charge in [-0.2, -0.15) is 0 Å². The Hall–Kier alpha value is -0.650. The summed E-state index contributed by atoms with van der Waals surface area (Å²) in [5, 5.41) is 9.13. The molecule has 5 heteroatoms. The summed E-state index contributed by atoms with van der Waals surface area (Å²) in [6.45, 7) is 5.82. The number of hydrogen-bond donors (Lipinski definition) is 1. The van der Waals surface area contributed by atoms with Crippen LogP contribution >= 0.6 is 0 Å². The third kappa shape index (κ3) is 4.26. The molecule has 1 saturated heterocycles. The van der Waals surface area contributed by atoms with E-state index in [0.29, 0.717) is 13.2 Å². The number of carbonyl (C=O) groups is 1. The highest BCUT2D eigenvalue weighted by molar-refractivity contribution is 5.71. The molecule has 0 aromatic heterocycles. The molecule has 1 aliphatic rings. The van der Waals surface area contributed by atoms with E-state index in [0.717, 1.165) is 26.1 Å². The molecule has 1 fully saturated rings. The summed E-state index contributed by atoms with van der Waals surface area (Å²) in [6, 6.07) is 0.0414. The van der Waals surface area contributed by atoms with E-state index in [4.69, 9.17) is 9.84 Å². The first kappa shape index (κ1) is 14.4. The minimum Gasteiger partial charge on any atom is -0.481 e. The van der Waals surface area contributed by atoms with Crippen molar-refractivity contribution < 1.29 is 14.6 Å². The first-order valence-electron chi connectivity index (χ1n) is 6.25. The molecule has 0 radical (unpaired) electrons. The van der Waals surface area contributed by atoms with Gasteiger partial charge in [0, 0.05) is 6.04 Å². The molecule has 1 N–H and O–H groups in total. The van der Waals surface area contributed by atoms with Gasteiger partial charge < -0.3 is 14.7 Å². The predicted molar refractivity (Wildman–Crippen MR) is 66.2 cm³/mol. The molecule has 100 valence electrons. The van der Waals surface area contributed by atoms with Crippen LogP contribution in [-0.4, -0.2) is 73.9 Å². The molecule has 0 spiro atoms. The van der Waals surface area contributed by atoms with E-state index < -0.39 is 5.97 Å². The van der Waals surface area contributed by atoms with Crippen molar-refractivity contribution in [2.75, 3.05) is 46.9 Å². The molecular weight excluding hydrogens is 220 g/mol. The topological polar surface area (TPSA) is 53.0 Å². The van der Waals surface area contributed by atoms with Crippen LogP contribution < -0.4 is 0 Å². The number of carboxylic acids is 1. The lowest BCUT2D eigenvalue weighted by Gasteiger charge is -2.29. The van der Waals surface area contributed by atoms with Gasteiger partial charge in [0.15, 0.2) is 0 Å². The van der Waals surface area contributed by atoms with E-state index in [2.05, 4.69) is 30.8 Å². The van der Waals surface area contributed by atoms with Gasteiger partial charge in [0.2, 0.25) is 0 Å². The smallest absolute Gasteiger partial charge is 0.310 e. The Morgan fingerprint density at radius 3 is 2.59 bits per heavy atom. The first-order chi connectivity index (χ1) is 8.06. The summed E-state index contributed by atoms with van der Waals surface area (Å²) in [7, 11) is 4.10. The maximum atomic E-state index is 11.1. The van der Waals surface area contributed by atoms with Crippen molar-refractivity contribution in [1.29, 1.82) is 0 Å². The Kier molecular flexibility index (Phi) is 5.88. The third-order valence-corrected chi connectivity index (χ3v) is 3.29. The molecule has 17 heavy (non-hydrogen) atoms. The average Bonchev–Trinajstić information content (AvgIpc) is 2.72. The normalized spacial score (nSPS) is 24.8. The molecule has 0 amide bonds. The van der Waals surface area contributed by atoms with Crippen molar-refractivity contribution in [2.24, 2.45) is 5.92 Å². The zero-order valence-electron chi connectivity index (χ0n) is 11.1. The van der Waals surface area contributed by atoms with Gasteiger partial charge in [-0.1, -0.05) is 6.92 Å². The summed E-state index contributed by atoms with van der Waals surface area (Å²) in [5.74, 6) is -1.10. The van der Waals surface area contributed by atoms with E-state index >= 15 is 0 Å². The Morgan fingerprint density at radius 1 is 1.35 bits per heavy atom. The predicted octanol–water partition coefficient (Wildman–Crippen LogP) is 0.360. The number of hydrogen-bond acceptors (Lipinski definition) is 4. The van der Waals surface area contributed by atoms with Gasteiger partial charge in [0.1, 0.15) is 0 Å². The Bertz CT molecular complexity index is 246. The lowest BCUT2D eigenvalue weighted by Crippen LogP contribution is -2.44. The molecule has 1 rings (SSSR count). The summed E-state index contributed by atoms with van der Waals surface area (Å²) in [6.07, 6.45) is 1.06. The van der Waals surface area contributed by atoms with E-state index in [1.165, 1.54) is 0 Å². The van der Waals surface area contributed by atoms with Gasteiger partial charge in [-0.25, -0.2) is 0 Å². The van der Waals surface area contributed by atoms with E-state index in [-0.39, 0.29) is 12.0 Å². The fourth-order valence-electron chi connectivity index (χ4n) is 2.29. The lowest BCUT2D eigenvalue weighted by atomic mass is 10.0. The highest BCUT2D eigenvalue weighted by Gasteiger charge is 2.37. The molecule has 1 aliphatic heterocycles. The summed E-state index contributed by atoms with van der Waals surface area (Å²) in [5.41, 5.74) is 0. The molecule has 2 unspecified atom stereocenters. The van der Waals surface area contributed by atoms with Crippen LogP contribution in [0.4, 0.5) is 0 Å². The van der Waals surface area contributed by atoms with Crippen LogP contribution in [0.1, 0.15) is 13.3 Å². The quantitative estimate of drug-likeness (QED) is 0.701. The maximum absolute atomic E-state index is 11.1. The van der Waals surface area contributed by atoms with Crippen LogP contribution in [0.5, 0.6) is 0 Å². The minimum atomic E-state index is -0.737. The molecule has 1 heterocycles. The average molecular weight is 244 g/mol. The maximum Gasteiger partial charge on any atom is 0.310 e. The number of likely N-dealkylation sites (N-methyl/N-ethyl adjacent to an activating group) is 1. The SMILES string of the molecule is CCN(CCCN(C)C)C1COCC1C(=O)O. The van der Waals surface area contributed by atoms with Gasteiger partial charge >= 0.3 is 5.97 Å². The number of rotatable bonds is 7. The van der Waals surface area contributed by atoms with Crippen LogP contribution in [0.2, 0.25) is 0 Å². The summed E-state index contributed by atoms with van der Waals surface area (Å²) >= 11 is 0. The standard InChI is InChI=1S/C12H24N2O3/c1-4-14(7-5-6-13(2)3)11-9-17-8-10(11)12(15)16/h10-11H,4-9H2,1-3H3,(H,15,16). The fourth-order valence-corrected chi connectivity index (χ4v) is 2.29. The molecule has 2 atom stereocenters. The molecule has 0 aliphatic carbocycles. The highest BCUT2D eigenvalue weighted by Crippen LogP contribution is 2.20. The number of ether oxygens (including phenoxy) is 1. The first-order valence-corrected chi connectivity index (χ1v) is 6.25. The fraction of sp³-hybridized carbons (Fsp3) is 0.917. The minimum absolute atomic E-state index is 0.0414. The van der Waals surface area contributed by atoms with Crippen LogP contribution in [0, 0.1) is 5.92 Å². The van der Waals surface area contributed by atoms with Gasteiger partial charge in [0.05, 0.1) is 19.1 Å². The number of aliphatic carboxylic acids is 1. The summed E-state index contributed by atoms with van der Waals surface area (Å²) in [4.78, 5) is 15.5. The molecule has 0 aromatic rings. The Balaban J connectivity index is 2.45. The van der Waals surface area contributed by atoms with Crippen LogP contribution in [0.3, 0.4) is 0 Å². The van der Waals surface area contributed by atoms with Crippen molar-refractivity contribution in [1.82, 2.24) is 9.80 Å². The zero-order chi connectivity index (χ0) is 12.8. The molecule has 0 saturated carbocycles. The number of carboxylic acid groups (broad SMARTS) is 1. The van der Waals surface area contributed by atoms with E-state index in [1.54, 1.807) is 0 Å². The second-order valence-corrected chi connectivity index (χ2v) is 4.83. The molecule has 0 aromatic carbocycles. The summed E-state index contributed by atoms with van der Waals surface area (Å²) < 4.78 is 5.31. The lowest BCUT2D eigenvalue weighted by molar-refractivity contribution is -0.143. The van der Waals surface area contributed by atoms with Crippen molar-refractivity contribution >= 4 is 5.97 Å².